The Morgan fingerprint density at radius 2 is 1.96 bits per heavy atom. The Kier molecular flexibility index (Phi) is 3.87. The summed E-state index contributed by atoms with van der Waals surface area (Å²) in [6, 6.07) is 0.965. The molecule has 6 nitrogen and oxygen atoms in total. The summed E-state index contributed by atoms with van der Waals surface area (Å²) < 4.78 is 8.21. The zero-order valence-corrected chi connectivity index (χ0v) is 14.3. The minimum atomic E-state index is -0.164. The Balaban J connectivity index is 1.37. The van der Waals surface area contributed by atoms with Crippen molar-refractivity contribution in [3.63, 3.8) is 0 Å². The standard InChI is InChI=1S/C18H28N4O2/c23-16-3-1-2-14(16)15-11-24-9-8-21(15)10-17-19-20-18(12-4-5-12)22(17)13-6-7-13/h12-16,23H,1-11H2/t14-,15+,16+/m0/s1. The van der Waals surface area contributed by atoms with Gasteiger partial charge in [-0.15, -0.1) is 10.2 Å². The van der Waals surface area contributed by atoms with Crippen LogP contribution >= 0.6 is 0 Å². The normalized spacial score (nSPS) is 34.8. The SMILES string of the molecule is O[C@@H]1CCC[C@H]1[C@H]1COCCN1Cc1nnc(C2CC2)n1C1CC1. The summed E-state index contributed by atoms with van der Waals surface area (Å²) in [7, 11) is 0. The number of hydrogen-bond donors (Lipinski definition) is 1. The van der Waals surface area contributed by atoms with E-state index in [0.717, 1.165) is 51.4 Å². The van der Waals surface area contributed by atoms with Crippen LogP contribution in [0.1, 0.15) is 68.6 Å². The molecule has 0 amide bonds. The third-order valence-corrected chi connectivity index (χ3v) is 6.30. The van der Waals surface area contributed by atoms with Gasteiger partial charge in [0.05, 0.1) is 25.9 Å². The number of morpholine rings is 1. The summed E-state index contributed by atoms with van der Waals surface area (Å²) in [6.45, 7) is 3.32. The molecule has 24 heavy (non-hydrogen) atoms. The van der Waals surface area contributed by atoms with Crippen LogP contribution in [0, 0.1) is 5.92 Å². The molecule has 0 spiro atoms. The molecule has 1 aliphatic heterocycles. The number of aromatic nitrogens is 3. The van der Waals surface area contributed by atoms with E-state index < -0.39 is 0 Å². The summed E-state index contributed by atoms with van der Waals surface area (Å²) in [4.78, 5) is 2.50. The van der Waals surface area contributed by atoms with Crippen molar-refractivity contribution < 1.29 is 9.84 Å². The molecule has 1 aromatic heterocycles. The second-order valence-corrected chi connectivity index (χ2v) is 8.12. The average molecular weight is 332 g/mol. The van der Waals surface area contributed by atoms with Crippen LogP contribution in [0.2, 0.25) is 0 Å². The Labute approximate surface area is 143 Å². The summed E-state index contributed by atoms with van der Waals surface area (Å²) in [5.41, 5.74) is 0. The predicted octanol–water partition coefficient (Wildman–Crippen LogP) is 1.85. The molecule has 5 rings (SSSR count). The van der Waals surface area contributed by atoms with Crippen molar-refractivity contribution >= 4 is 0 Å². The van der Waals surface area contributed by atoms with Gasteiger partial charge in [-0.3, -0.25) is 4.90 Å². The van der Waals surface area contributed by atoms with Crippen molar-refractivity contribution in [1.82, 2.24) is 19.7 Å². The Bertz CT molecular complexity index is 596. The smallest absolute Gasteiger partial charge is 0.147 e. The molecule has 4 fully saturated rings. The van der Waals surface area contributed by atoms with Crippen molar-refractivity contribution in [2.24, 2.45) is 5.92 Å². The summed E-state index contributed by atoms with van der Waals surface area (Å²) in [6.07, 6.45) is 8.14. The van der Waals surface area contributed by atoms with Gasteiger partial charge in [0.1, 0.15) is 11.6 Å². The minimum Gasteiger partial charge on any atom is -0.393 e. The molecule has 0 bridgehead atoms. The van der Waals surface area contributed by atoms with Gasteiger partial charge in [0.15, 0.2) is 0 Å². The zero-order valence-electron chi connectivity index (χ0n) is 14.3. The first kappa shape index (κ1) is 15.3. The molecule has 132 valence electrons. The molecular weight excluding hydrogens is 304 g/mol. The van der Waals surface area contributed by atoms with Crippen LogP contribution in [-0.4, -0.2) is 56.7 Å². The fraction of sp³-hybridized carbons (Fsp3) is 0.889. The molecule has 0 unspecified atom stereocenters. The lowest BCUT2D eigenvalue weighted by molar-refractivity contribution is -0.0549. The molecule has 6 heteroatoms. The van der Waals surface area contributed by atoms with Crippen molar-refractivity contribution in [1.29, 1.82) is 0 Å². The number of ether oxygens (including phenoxy) is 1. The quantitative estimate of drug-likeness (QED) is 0.891. The third kappa shape index (κ3) is 2.78. The molecule has 0 radical (unpaired) electrons. The fourth-order valence-electron chi connectivity index (χ4n) is 4.64. The molecule has 3 saturated carbocycles. The Morgan fingerprint density at radius 3 is 2.67 bits per heavy atom. The van der Waals surface area contributed by atoms with Gasteiger partial charge in [0.25, 0.3) is 0 Å². The lowest BCUT2D eigenvalue weighted by Gasteiger charge is -2.39. The van der Waals surface area contributed by atoms with Gasteiger partial charge < -0.3 is 14.4 Å². The van der Waals surface area contributed by atoms with Gasteiger partial charge in [0, 0.05) is 30.5 Å². The highest BCUT2D eigenvalue weighted by molar-refractivity contribution is 5.12. The van der Waals surface area contributed by atoms with Crippen LogP contribution in [0.25, 0.3) is 0 Å². The fourth-order valence-corrected chi connectivity index (χ4v) is 4.64. The Morgan fingerprint density at radius 1 is 1.08 bits per heavy atom. The molecule has 4 aliphatic rings. The average Bonchev–Trinajstić information content (AvgIpc) is 3.52. The molecule has 1 N–H and O–H groups in total. The first-order valence-electron chi connectivity index (χ1n) is 9.75. The first-order chi connectivity index (χ1) is 11.8. The predicted molar refractivity (Wildman–Crippen MR) is 88.6 cm³/mol. The summed E-state index contributed by atoms with van der Waals surface area (Å²) in [5, 5.41) is 19.5. The van der Waals surface area contributed by atoms with Crippen molar-refractivity contribution in [3.05, 3.63) is 11.6 Å². The Hall–Kier alpha value is -0.980. The molecule has 0 aromatic carbocycles. The molecule has 1 saturated heterocycles. The maximum atomic E-state index is 10.3. The van der Waals surface area contributed by atoms with Crippen LogP contribution in [0.15, 0.2) is 0 Å². The lowest BCUT2D eigenvalue weighted by atomic mass is 9.94. The number of nitrogens with zero attached hydrogens (tertiary/aromatic N) is 4. The maximum absolute atomic E-state index is 10.3. The highest BCUT2D eigenvalue weighted by atomic mass is 16.5. The van der Waals surface area contributed by atoms with Gasteiger partial charge >= 0.3 is 0 Å². The van der Waals surface area contributed by atoms with Crippen LogP contribution < -0.4 is 0 Å². The van der Waals surface area contributed by atoms with E-state index in [2.05, 4.69) is 19.7 Å². The summed E-state index contributed by atoms with van der Waals surface area (Å²) >= 11 is 0. The van der Waals surface area contributed by atoms with E-state index in [0.29, 0.717) is 23.9 Å². The topological polar surface area (TPSA) is 63.4 Å². The number of aliphatic hydroxyl groups is 1. The van der Waals surface area contributed by atoms with Crippen molar-refractivity contribution in [3.8, 4) is 0 Å². The zero-order chi connectivity index (χ0) is 16.1. The summed E-state index contributed by atoms with van der Waals surface area (Å²) in [5.74, 6) is 3.38. The molecule has 2 heterocycles. The van der Waals surface area contributed by atoms with Crippen LogP contribution in [-0.2, 0) is 11.3 Å². The van der Waals surface area contributed by atoms with E-state index in [-0.39, 0.29) is 6.10 Å². The van der Waals surface area contributed by atoms with E-state index in [4.69, 9.17) is 4.74 Å². The molecule has 3 atom stereocenters. The third-order valence-electron chi connectivity index (χ3n) is 6.30. The van der Waals surface area contributed by atoms with E-state index >= 15 is 0 Å². The minimum absolute atomic E-state index is 0.164. The van der Waals surface area contributed by atoms with Gasteiger partial charge in [-0.25, -0.2) is 0 Å². The van der Waals surface area contributed by atoms with Gasteiger partial charge in [0.2, 0.25) is 0 Å². The molecule has 3 aliphatic carbocycles. The van der Waals surface area contributed by atoms with E-state index in [9.17, 15) is 5.11 Å². The van der Waals surface area contributed by atoms with Crippen molar-refractivity contribution in [2.45, 2.75) is 75.6 Å². The maximum Gasteiger partial charge on any atom is 0.147 e. The van der Waals surface area contributed by atoms with Crippen LogP contribution in [0.5, 0.6) is 0 Å². The number of aliphatic hydroxyl groups excluding tert-OH is 1. The highest BCUT2D eigenvalue weighted by Crippen LogP contribution is 2.45. The van der Waals surface area contributed by atoms with E-state index in [1.807, 2.05) is 0 Å². The molecular formula is C18H28N4O2. The lowest BCUT2D eigenvalue weighted by Crippen LogP contribution is -2.50. The van der Waals surface area contributed by atoms with Gasteiger partial charge in [-0.1, -0.05) is 6.42 Å². The van der Waals surface area contributed by atoms with Crippen molar-refractivity contribution in [2.75, 3.05) is 19.8 Å². The largest absolute Gasteiger partial charge is 0.393 e. The second-order valence-electron chi connectivity index (χ2n) is 8.12. The van der Waals surface area contributed by atoms with E-state index in [1.54, 1.807) is 0 Å². The van der Waals surface area contributed by atoms with Gasteiger partial charge in [-0.2, -0.15) is 0 Å². The number of hydrogen-bond acceptors (Lipinski definition) is 5. The number of rotatable bonds is 5. The first-order valence-corrected chi connectivity index (χ1v) is 9.75. The van der Waals surface area contributed by atoms with E-state index in [1.165, 1.54) is 31.5 Å². The van der Waals surface area contributed by atoms with Crippen LogP contribution in [0.4, 0.5) is 0 Å². The van der Waals surface area contributed by atoms with Crippen LogP contribution in [0.3, 0.4) is 0 Å². The molecule has 1 aromatic rings. The second kappa shape index (κ2) is 6.07. The monoisotopic (exact) mass is 332 g/mol. The highest BCUT2D eigenvalue weighted by Gasteiger charge is 2.40. The van der Waals surface area contributed by atoms with Gasteiger partial charge in [-0.05, 0) is 38.5 Å².